The van der Waals surface area contributed by atoms with E-state index in [1.165, 1.54) is 185 Å². The highest BCUT2D eigenvalue weighted by atomic mass is 16.3. The lowest BCUT2D eigenvalue weighted by atomic mass is 9.35. The maximum absolute atomic E-state index is 7.98. The Labute approximate surface area is 481 Å². The van der Waals surface area contributed by atoms with E-state index in [-0.39, 0.29) is 55.4 Å². The van der Waals surface area contributed by atoms with E-state index in [0.29, 0.717) is 5.41 Å². The second-order valence-corrected chi connectivity index (χ2v) is 34.7. The summed E-state index contributed by atoms with van der Waals surface area (Å²) in [5, 5.41) is 1.28. The first-order valence-electron chi connectivity index (χ1n) is 32.3. The summed E-state index contributed by atoms with van der Waals surface area (Å²) in [6.07, 6.45) is 18.0. The number of benzene rings is 5. The number of rotatable bonds is 3. The number of anilines is 6. The first kappa shape index (κ1) is 51.0. The molecule has 10 aliphatic rings. The third kappa shape index (κ3) is 6.47. The number of aryl methyl sites for hydroxylation is 1. The molecule has 4 saturated carbocycles. The molecule has 5 aromatic carbocycles. The molecule has 4 fully saturated rings. The molecule has 2 aliphatic heterocycles. The van der Waals surface area contributed by atoms with Crippen molar-refractivity contribution in [2.45, 2.75) is 256 Å². The number of hydrogen-bond donors (Lipinski definition) is 0. The lowest BCUT2D eigenvalue weighted by molar-refractivity contribution is -0.000159. The Hall–Kier alpha value is -4.70. The SMILES string of the molecule is Cc1cc2c(cc1N1c3cc4c(cc3B3c5oc6cc7c(cc6c5N(c5ccc6c(c5)C(C)(C)CCC6(C)C)c5cc(C68CC9CC%10CC(C6)C%10(C9)C8)cc1c53)C(C)(C)CCC7(C)C)C(C)(C)CCC4(C)C)C(C)(C)CCC2(C)C. The number of fused-ring (bicyclic) bond motifs is 12. The van der Waals surface area contributed by atoms with Gasteiger partial charge in [-0.25, -0.2) is 0 Å². The molecule has 3 bridgehead atoms. The van der Waals surface area contributed by atoms with Crippen molar-refractivity contribution in [2.75, 3.05) is 9.80 Å². The maximum Gasteiger partial charge on any atom is 0.297 e. The molecule has 0 saturated heterocycles. The molecule has 0 radical (unpaired) electrons. The fourth-order valence-electron chi connectivity index (χ4n) is 20.8. The van der Waals surface area contributed by atoms with Gasteiger partial charge < -0.3 is 14.2 Å². The summed E-state index contributed by atoms with van der Waals surface area (Å²) in [6.45, 7) is 42.6. The molecule has 4 heteroatoms. The summed E-state index contributed by atoms with van der Waals surface area (Å²) < 4.78 is 7.98. The smallest absolute Gasteiger partial charge is 0.297 e. The maximum atomic E-state index is 7.98. The highest BCUT2D eigenvalue weighted by Crippen LogP contribution is 2.79. The van der Waals surface area contributed by atoms with Crippen molar-refractivity contribution in [3.63, 3.8) is 0 Å². The zero-order chi connectivity index (χ0) is 56.0. The summed E-state index contributed by atoms with van der Waals surface area (Å²) in [5.41, 5.74) is 29.6. The Morgan fingerprint density at radius 3 is 1.55 bits per heavy atom. The molecule has 416 valence electrons. The van der Waals surface area contributed by atoms with E-state index in [0.717, 1.165) is 29.0 Å². The van der Waals surface area contributed by atoms with Gasteiger partial charge in [-0.3, -0.25) is 0 Å². The molecule has 6 aromatic rings. The van der Waals surface area contributed by atoms with Crippen LogP contribution in [0.25, 0.3) is 11.0 Å². The van der Waals surface area contributed by atoms with Crippen molar-refractivity contribution in [1.82, 2.24) is 0 Å². The van der Waals surface area contributed by atoms with Gasteiger partial charge in [0.15, 0.2) is 0 Å². The average Bonchev–Trinajstić information content (AvgIpc) is 3.95. The van der Waals surface area contributed by atoms with Gasteiger partial charge in [0.05, 0.1) is 11.3 Å². The highest BCUT2D eigenvalue weighted by molar-refractivity contribution is 7.00. The summed E-state index contributed by atoms with van der Waals surface area (Å²) in [5.74, 6) is 2.65. The van der Waals surface area contributed by atoms with Crippen molar-refractivity contribution >= 4 is 68.4 Å². The summed E-state index contributed by atoms with van der Waals surface area (Å²) in [6, 6.07) is 29.5. The van der Waals surface area contributed by atoms with E-state index in [2.05, 4.69) is 194 Å². The monoisotopic (exact) mass is 1060 g/mol. The van der Waals surface area contributed by atoms with Gasteiger partial charge in [0.2, 0.25) is 0 Å². The van der Waals surface area contributed by atoms with Gasteiger partial charge >= 0.3 is 0 Å². The van der Waals surface area contributed by atoms with Crippen molar-refractivity contribution in [1.29, 1.82) is 0 Å². The number of nitrogens with zero attached hydrogens (tertiary/aromatic N) is 2. The van der Waals surface area contributed by atoms with Crippen molar-refractivity contribution in [3.8, 4) is 0 Å². The normalized spacial score (nSPS) is 30.6. The van der Waals surface area contributed by atoms with Crippen LogP contribution in [0.1, 0.15) is 256 Å². The number of furan rings is 1. The van der Waals surface area contributed by atoms with Crippen LogP contribution in [-0.2, 0) is 48.7 Å². The van der Waals surface area contributed by atoms with E-state index >= 15 is 0 Å². The summed E-state index contributed by atoms with van der Waals surface area (Å²) in [4.78, 5) is 5.70. The fraction of sp³-hybridized carbons (Fsp3) is 0.579. The minimum Gasteiger partial charge on any atom is -0.468 e. The Bertz CT molecular complexity index is 3770. The topological polar surface area (TPSA) is 19.6 Å². The second-order valence-electron chi connectivity index (χ2n) is 34.7. The van der Waals surface area contributed by atoms with E-state index in [1.54, 1.807) is 11.1 Å². The first-order chi connectivity index (χ1) is 37.4. The lowest BCUT2D eigenvalue weighted by Crippen LogP contribution is -2.61. The molecule has 1 aromatic heterocycles. The van der Waals surface area contributed by atoms with Crippen LogP contribution in [-0.4, -0.2) is 6.71 Å². The Morgan fingerprint density at radius 1 is 0.450 bits per heavy atom. The Morgan fingerprint density at radius 2 is 0.950 bits per heavy atom. The van der Waals surface area contributed by atoms with Gasteiger partial charge in [-0.05, 0) is 284 Å². The van der Waals surface area contributed by atoms with Crippen LogP contribution in [0.4, 0.5) is 34.1 Å². The molecule has 1 spiro atoms. The molecule has 16 rings (SSSR count). The van der Waals surface area contributed by atoms with Crippen LogP contribution in [0.15, 0.2) is 71.1 Å². The van der Waals surface area contributed by atoms with Crippen molar-refractivity contribution in [3.05, 3.63) is 122 Å². The molecule has 80 heavy (non-hydrogen) atoms. The quantitative estimate of drug-likeness (QED) is 0.164. The molecule has 3 heterocycles. The molecule has 8 aliphatic carbocycles. The fourth-order valence-corrected chi connectivity index (χ4v) is 20.8. The minimum absolute atomic E-state index is 0.0327. The Balaban J connectivity index is 1.07. The largest absolute Gasteiger partial charge is 0.468 e. The molecular weight excluding hydrogens is 968 g/mol. The van der Waals surface area contributed by atoms with Gasteiger partial charge in [-0.15, -0.1) is 0 Å². The van der Waals surface area contributed by atoms with Crippen LogP contribution in [0.5, 0.6) is 0 Å². The van der Waals surface area contributed by atoms with Crippen LogP contribution >= 0.6 is 0 Å². The molecule has 5 unspecified atom stereocenters. The van der Waals surface area contributed by atoms with Gasteiger partial charge in [-0.2, -0.15) is 0 Å². The standard InChI is InChI=1S/C76H93BN2O/c1-43-28-51-55(72(12,13)25-22-68(51,4)5)36-59(43)79-60-37-56-54(71(10,11)24-26-73(56,14)15)35-58(60)77-64-61(31-45(32-62(64)79)75-39-44-29-46-30-47(41-75)76(46,40-44)42-75)78(48-18-19-50-52(33-48)69(6,7)21-20-67(50,2)3)65-49-34-53-57(38-63(49)80-66(65)77)74(16,17)27-23-70(53,8)9/h18-19,28,31-38,44,46-47H,20-27,29-30,39-42H2,1-17H3. The third-order valence-corrected chi connectivity index (χ3v) is 26.2. The van der Waals surface area contributed by atoms with Crippen molar-refractivity contribution in [2.24, 2.45) is 23.2 Å². The zero-order valence-corrected chi connectivity index (χ0v) is 52.4. The summed E-state index contributed by atoms with van der Waals surface area (Å²) >= 11 is 0. The molecule has 5 atom stereocenters. The van der Waals surface area contributed by atoms with Crippen LogP contribution < -0.4 is 26.4 Å². The number of hydrogen-bond acceptors (Lipinski definition) is 3. The van der Waals surface area contributed by atoms with Gasteiger partial charge in [0.25, 0.3) is 6.71 Å². The van der Waals surface area contributed by atoms with Gasteiger partial charge in [0.1, 0.15) is 5.58 Å². The van der Waals surface area contributed by atoms with Gasteiger partial charge in [-0.1, -0.05) is 129 Å². The van der Waals surface area contributed by atoms with Crippen molar-refractivity contribution < 1.29 is 4.42 Å². The van der Waals surface area contributed by atoms with E-state index < -0.39 is 0 Å². The Kier molecular flexibility index (Phi) is 9.66. The second kappa shape index (κ2) is 15.2. The molecular formula is C76H93BN2O. The zero-order valence-electron chi connectivity index (χ0n) is 52.4. The van der Waals surface area contributed by atoms with Gasteiger partial charge in [0, 0.05) is 33.8 Å². The predicted molar refractivity (Wildman–Crippen MR) is 338 cm³/mol. The van der Waals surface area contributed by atoms with E-state index in [1.807, 2.05) is 0 Å². The first-order valence-corrected chi connectivity index (χ1v) is 32.3. The lowest BCUT2D eigenvalue weighted by Gasteiger charge is -2.50. The van der Waals surface area contributed by atoms with Crippen LogP contribution in [0, 0.1) is 30.1 Å². The summed E-state index contributed by atoms with van der Waals surface area (Å²) in [7, 11) is 0. The molecule has 3 nitrogen and oxygen atoms in total. The van der Waals surface area contributed by atoms with E-state index in [4.69, 9.17) is 4.42 Å². The van der Waals surface area contributed by atoms with E-state index in [9.17, 15) is 0 Å². The third-order valence-electron chi connectivity index (χ3n) is 26.2. The van der Waals surface area contributed by atoms with Crippen LogP contribution in [0.3, 0.4) is 0 Å². The van der Waals surface area contributed by atoms with Crippen LogP contribution in [0.2, 0.25) is 0 Å². The average molecular weight is 1060 g/mol. The minimum atomic E-state index is -0.0905. The highest BCUT2D eigenvalue weighted by Gasteiger charge is 2.71. The predicted octanol–water partition coefficient (Wildman–Crippen LogP) is 18.7. The molecule has 0 N–H and O–H groups in total. The molecule has 0 amide bonds.